The maximum absolute atomic E-state index is 10.1. The van der Waals surface area contributed by atoms with Gasteiger partial charge in [-0.25, -0.2) is 0 Å². The molecule has 1 aromatic rings. The predicted molar refractivity (Wildman–Crippen MR) is 62.8 cm³/mol. The number of aliphatic hydroxyl groups is 1. The van der Waals surface area contributed by atoms with E-state index in [4.69, 9.17) is 0 Å². The van der Waals surface area contributed by atoms with E-state index in [1.165, 1.54) is 11.1 Å². The number of hydrogen-bond acceptors (Lipinski definition) is 1. The maximum atomic E-state index is 10.1. The van der Waals surface area contributed by atoms with E-state index in [1.807, 2.05) is 0 Å². The lowest BCUT2D eigenvalue weighted by atomic mass is 10.0. The SMILES string of the molecule is CCC1CC1(O)CCc1ccc(C)cc1. The molecule has 1 aromatic carbocycles. The summed E-state index contributed by atoms with van der Waals surface area (Å²) in [6.45, 7) is 4.26. The lowest BCUT2D eigenvalue weighted by Gasteiger charge is -2.09. The van der Waals surface area contributed by atoms with Gasteiger partial charge in [0.2, 0.25) is 0 Å². The van der Waals surface area contributed by atoms with Gasteiger partial charge in [-0.05, 0) is 37.7 Å². The second kappa shape index (κ2) is 3.97. The summed E-state index contributed by atoms with van der Waals surface area (Å²) in [5.74, 6) is 0.558. The summed E-state index contributed by atoms with van der Waals surface area (Å²) in [6.07, 6.45) is 4.06. The molecule has 1 saturated carbocycles. The molecule has 15 heavy (non-hydrogen) atoms. The van der Waals surface area contributed by atoms with E-state index >= 15 is 0 Å². The monoisotopic (exact) mass is 204 g/mol. The Kier molecular flexibility index (Phi) is 2.83. The summed E-state index contributed by atoms with van der Waals surface area (Å²) in [4.78, 5) is 0. The van der Waals surface area contributed by atoms with Crippen LogP contribution in [0.2, 0.25) is 0 Å². The zero-order chi connectivity index (χ0) is 10.9. The van der Waals surface area contributed by atoms with Gasteiger partial charge >= 0.3 is 0 Å². The molecule has 1 N–H and O–H groups in total. The van der Waals surface area contributed by atoms with Crippen LogP contribution in [-0.4, -0.2) is 10.7 Å². The summed E-state index contributed by atoms with van der Waals surface area (Å²) < 4.78 is 0. The van der Waals surface area contributed by atoms with E-state index in [1.54, 1.807) is 0 Å². The third-order valence-corrected chi connectivity index (χ3v) is 3.66. The highest BCUT2D eigenvalue weighted by molar-refractivity contribution is 5.22. The third kappa shape index (κ3) is 2.40. The van der Waals surface area contributed by atoms with Crippen LogP contribution in [-0.2, 0) is 6.42 Å². The van der Waals surface area contributed by atoms with Crippen molar-refractivity contribution in [3.8, 4) is 0 Å². The van der Waals surface area contributed by atoms with Gasteiger partial charge in [0.1, 0.15) is 0 Å². The van der Waals surface area contributed by atoms with Gasteiger partial charge < -0.3 is 5.11 Å². The molecule has 0 amide bonds. The summed E-state index contributed by atoms with van der Waals surface area (Å²) in [5, 5.41) is 10.1. The first kappa shape index (κ1) is 10.7. The van der Waals surface area contributed by atoms with Crippen molar-refractivity contribution in [3.63, 3.8) is 0 Å². The van der Waals surface area contributed by atoms with Crippen LogP contribution in [0.3, 0.4) is 0 Å². The molecule has 0 radical (unpaired) electrons. The lowest BCUT2D eigenvalue weighted by molar-refractivity contribution is 0.120. The van der Waals surface area contributed by atoms with Crippen molar-refractivity contribution < 1.29 is 5.11 Å². The average Bonchev–Trinajstić information content (AvgIpc) is 2.90. The third-order valence-electron chi connectivity index (χ3n) is 3.66. The van der Waals surface area contributed by atoms with E-state index in [-0.39, 0.29) is 5.60 Å². The van der Waals surface area contributed by atoms with E-state index in [2.05, 4.69) is 38.1 Å². The maximum Gasteiger partial charge on any atom is 0.0683 e. The van der Waals surface area contributed by atoms with E-state index in [9.17, 15) is 5.11 Å². The number of rotatable bonds is 4. The summed E-state index contributed by atoms with van der Waals surface area (Å²) >= 11 is 0. The van der Waals surface area contributed by atoms with Crippen LogP contribution >= 0.6 is 0 Å². The van der Waals surface area contributed by atoms with Crippen molar-refractivity contribution in [2.24, 2.45) is 5.92 Å². The van der Waals surface area contributed by atoms with Crippen molar-refractivity contribution in [2.45, 2.75) is 45.1 Å². The van der Waals surface area contributed by atoms with E-state index < -0.39 is 0 Å². The topological polar surface area (TPSA) is 20.2 Å². The molecule has 1 aliphatic rings. The molecule has 2 rings (SSSR count). The standard InChI is InChI=1S/C14H20O/c1-3-13-10-14(13,15)9-8-12-6-4-11(2)5-7-12/h4-7,13,15H,3,8-10H2,1-2H3. The second-order valence-corrected chi connectivity index (χ2v) is 4.90. The van der Waals surface area contributed by atoms with Gasteiger partial charge in [-0.2, -0.15) is 0 Å². The molecule has 0 saturated heterocycles. The minimum absolute atomic E-state index is 0.334. The molecular formula is C14H20O. The van der Waals surface area contributed by atoms with Crippen molar-refractivity contribution in [1.29, 1.82) is 0 Å². The minimum Gasteiger partial charge on any atom is -0.390 e. The van der Waals surface area contributed by atoms with Crippen LogP contribution in [0.4, 0.5) is 0 Å². The zero-order valence-electron chi connectivity index (χ0n) is 9.66. The Balaban J connectivity index is 1.86. The molecule has 0 aliphatic heterocycles. The summed E-state index contributed by atoms with van der Waals surface area (Å²) in [5.41, 5.74) is 2.31. The fourth-order valence-electron chi connectivity index (χ4n) is 2.31. The number of hydrogen-bond donors (Lipinski definition) is 1. The Bertz CT molecular complexity index is 328. The molecule has 1 nitrogen and oxygen atoms in total. The van der Waals surface area contributed by atoms with Gasteiger partial charge in [0, 0.05) is 0 Å². The van der Waals surface area contributed by atoms with Crippen molar-refractivity contribution in [3.05, 3.63) is 35.4 Å². The predicted octanol–water partition coefficient (Wildman–Crippen LogP) is 3.09. The highest BCUT2D eigenvalue weighted by Crippen LogP contribution is 2.48. The van der Waals surface area contributed by atoms with Gasteiger partial charge in [0.25, 0.3) is 0 Å². The Morgan fingerprint density at radius 3 is 2.53 bits per heavy atom. The fourth-order valence-corrected chi connectivity index (χ4v) is 2.31. The Morgan fingerprint density at radius 1 is 1.33 bits per heavy atom. The highest BCUT2D eigenvalue weighted by Gasteiger charge is 2.50. The zero-order valence-corrected chi connectivity index (χ0v) is 9.66. The molecule has 0 heterocycles. The summed E-state index contributed by atoms with van der Waals surface area (Å²) in [6, 6.07) is 8.62. The van der Waals surface area contributed by atoms with Crippen LogP contribution in [0.5, 0.6) is 0 Å². The number of aryl methyl sites for hydroxylation is 2. The fraction of sp³-hybridized carbons (Fsp3) is 0.571. The van der Waals surface area contributed by atoms with Crippen LogP contribution in [0.25, 0.3) is 0 Å². The van der Waals surface area contributed by atoms with Crippen molar-refractivity contribution in [1.82, 2.24) is 0 Å². The van der Waals surface area contributed by atoms with Gasteiger partial charge in [-0.3, -0.25) is 0 Å². The molecule has 0 bridgehead atoms. The molecule has 1 heteroatoms. The normalized spacial score (nSPS) is 29.1. The van der Waals surface area contributed by atoms with Crippen LogP contribution in [0.1, 0.15) is 37.3 Å². The number of benzene rings is 1. The second-order valence-electron chi connectivity index (χ2n) is 4.90. The molecule has 1 fully saturated rings. The molecule has 82 valence electrons. The Morgan fingerprint density at radius 2 is 2.00 bits per heavy atom. The molecule has 0 spiro atoms. The van der Waals surface area contributed by atoms with Crippen molar-refractivity contribution >= 4 is 0 Å². The molecule has 2 atom stereocenters. The first-order valence-corrected chi connectivity index (χ1v) is 5.92. The molecule has 1 aliphatic carbocycles. The molecule has 0 aromatic heterocycles. The van der Waals surface area contributed by atoms with Crippen LogP contribution < -0.4 is 0 Å². The molecule has 2 unspecified atom stereocenters. The highest BCUT2D eigenvalue weighted by atomic mass is 16.3. The smallest absolute Gasteiger partial charge is 0.0683 e. The van der Waals surface area contributed by atoms with Gasteiger partial charge in [0.05, 0.1) is 5.60 Å². The van der Waals surface area contributed by atoms with Crippen LogP contribution in [0, 0.1) is 12.8 Å². The average molecular weight is 204 g/mol. The Labute approximate surface area is 92.1 Å². The summed E-state index contributed by atoms with van der Waals surface area (Å²) in [7, 11) is 0. The molecular weight excluding hydrogens is 184 g/mol. The quantitative estimate of drug-likeness (QED) is 0.799. The largest absolute Gasteiger partial charge is 0.390 e. The van der Waals surface area contributed by atoms with Gasteiger partial charge in [-0.15, -0.1) is 0 Å². The van der Waals surface area contributed by atoms with Gasteiger partial charge in [0.15, 0.2) is 0 Å². The van der Waals surface area contributed by atoms with Crippen LogP contribution in [0.15, 0.2) is 24.3 Å². The minimum atomic E-state index is -0.334. The first-order valence-electron chi connectivity index (χ1n) is 5.92. The Hall–Kier alpha value is -0.820. The lowest BCUT2D eigenvalue weighted by Crippen LogP contribution is -2.12. The first-order chi connectivity index (χ1) is 7.14. The van der Waals surface area contributed by atoms with E-state index in [0.717, 1.165) is 25.7 Å². The van der Waals surface area contributed by atoms with Gasteiger partial charge in [-0.1, -0.05) is 43.2 Å². The van der Waals surface area contributed by atoms with E-state index in [0.29, 0.717) is 5.92 Å². The van der Waals surface area contributed by atoms with Crippen molar-refractivity contribution in [2.75, 3.05) is 0 Å².